The molecule has 1 unspecified atom stereocenters. The van der Waals surface area contributed by atoms with E-state index in [0.29, 0.717) is 19.8 Å². The van der Waals surface area contributed by atoms with E-state index in [1.54, 1.807) is 6.92 Å². The Morgan fingerprint density at radius 3 is 1.92 bits per heavy atom. The summed E-state index contributed by atoms with van der Waals surface area (Å²) in [5.41, 5.74) is 0. The first-order valence-corrected chi connectivity index (χ1v) is 11.7. The minimum Gasteiger partial charge on any atom is -0.396 e. The second-order valence-electron chi connectivity index (χ2n) is 6.22. The van der Waals surface area contributed by atoms with Gasteiger partial charge in [0.15, 0.2) is 5.78 Å². The van der Waals surface area contributed by atoms with Crippen LogP contribution in [0.3, 0.4) is 0 Å². The molecule has 148 valence electrons. The van der Waals surface area contributed by atoms with Crippen LogP contribution in [0.4, 0.5) is 0 Å². The minimum atomic E-state index is -2.82. The highest BCUT2D eigenvalue weighted by molar-refractivity contribution is 6.61. The topological polar surface area (TPSA) is 65.0 Å². The van der Waals surface area contributed by atoms with Gasteiger partial charge in [0.1, 0.15) is 6.10 Å². The summed E-state index contributed by atoms with van der Waals surface area (Å²) >= 11 is 0. The second kappa shape index (κ2) is 15.7. The summed E-state index contributed by atoms with van der Waals surface area (Å²) in [6, 6.07) is 0.744. The Balaban J connectivity index is 4.30. The van der Waals surface area contributed by atoms with Gasteiger partial charge >= 0.3 is 8.80 Å². The number of carbonyl (C=O) groups excluding carboxylic acids is 1. The molecule has 0 aliphatic carbocycles. The van der Waals surface area contributed by atoms with Crippen molar-refractivity contribution in [3.05, 3.63) is 12.7 Å². The summed E-state index contributed by atoms with van der Waals surface area (Å²) in [4.78, 5) is 11.8. The van der Waals surface area contributed by atoms with Crippen molar-refractivity contribution in [2.24, 2.45) is 0 Å². The lowest BCUT2D eigenvalue weighted by Crippen LogP contribution is -2.49. The summed E-state index contributed by atoms with van der Waals surface area (Å²) in [6.45, 7) is 10.4. The number of ketones is 1. The fourth-order valence-corrected chi connectivity index (χ4v) is 5.60. The molecule has 0 aliphatic heterocycles. The van der Waals surface area contributed by atoms with Crippen LogP contribution >= 0.6 is 0 Å². The van der Waals surface area contributed by atoms with Gasteiger partial charge in [0.05, 0.1) is 0 Å². The lowest BCUT2D eigenvalue weighted by molar-refractivity contribution is -0.122. The Morgan fingerprint density at radius 2 is 1.48 bits per heavy atom. The third kappa shape index (κ3) is 11.7. The predicted octanol–water partition coefficient (Wildman–Crippen LogP) is 4.27. The van der Waals surface area contributed by atoms with Crippen LogP contribution < -0.4 is 0 Å². The first kappa shape index (κ1) is 24.5. The number of aliphatic hydroxyl groups is 1. The normalized spacial score (nSPS) is 13.0. The van der Waals surface area contributed by atoms with Gasteiger partial charge in [0, 0.05) is 25.9 Å². The number of hydrogen-bond acceptors (Lipinski definition) is 5. The molecule has 0 saturated heterocycles. The fraction of sp³-hybridized carbons (Fsp3) is 0.842. The summed E-state index contributed by atoms with van der Waals surface area (Å²) in [6.07, 6.45) is 9.66. The van der Waals surface area contributed by atoms with Crippen molar-refractivity contribution in [3.8, 4) is 0 Å². The number of unbranched alkanes of at least 4 members (excludes halogenated alkanes) is 7. The summed E-state index contributed by atoms with van der Waals surface area (Å²) in [7, 11) is -2.82. The Labute approximate surface area is 155 Å². The Morgan fingerprint density at radius 1 is 1.00 bits per heavy atom. The van der Waals surface area contributed by atoms with E-state index >= 15 is 0 Å². The standard InChI is InChI=1S/C19H38O5Si/c1-5-19(21)18(4)24-25(22-6-2,23-7-3)17-15-13-11-9-8-10-12-14-16-20/h5,18,20H,1,6-17H2,2-4H3. The van der Waals surface area contributed by atoms with Gasteiger partial charge in [-0.25, -0.2) is 0 Å². The van der Waals surface area contributed by atoms with E-state index in [2.05, 4.69) is 6.58 Å². The summed E-state index contributed by atoms with van der Waals surface area (Å²) < 4.78 is 17.8. The average molecular weight is 375 g/mol. The van der Waals surface area contributed by atoms with Gasteiger partial charge in [-0.3, -0.25) is 4.79 Å². The molecule has 0 radical (unpaired) electrons. The van der Waals surface area contributed by atoms with Crippen molar-refractivity contribution < 1.29 is 23.2 Å². The zero-order chi connectivity index (χ0) is 19.0. The van der Waals surface area contributed by atoms with Crippen LogP contribution in [0, 0.1) is 0 Å². The van der Waals surface area contributed by atoms with Gasteiger partial charge in [0.2, 0.25) is 0 Å². The smallest absolute Gasteiger partial charge is 0.396 e. The molecular formula is C19H38O5Si. The lowest BCUT2D eigenvalue weighted by atomic mass is 10.1. The molecule has 1 N–H and O–H groups in total. The first-order valence-electron chi connectivity index (χ1n) is 9.78. The summed E-state index contributed by atoms with van der Waals surface area (Å²) in [5.74, 6) is -0.140. The van der Waals surface area contributed by atoms with Crippen molar-refractivity contribution in [1.82, 2.24) is 0 Å². The maximum atomic E-state index is 11.8. The highest BCUT2D eigenvalue weighted by Crippen LogP contribution is 2.23. The number of rotatable bonds is 18. The highest BCUT2D eigenvalue weighted by Gasteiger charge is 2.42. The molecule has 0 aromatic heterocycles. The van der Waals surface area contributed by atoms with E-state index in [1.165, 1.54) is 31.8 Å². The third-order valence-corrected chi connectivity index (χ3v) is 7.21. The van der Waals surface area contributed by atoms with Gasteiger partial charge in [-0.2, -0.15) is 0 Å². The minimum absolute atomic E-state index is 0.140. The zero-order valence-electron chi connectivity index (χ0n) is 16.4. The molecular weight excluding hydrogens is 336 g/mol. The molecule has 0 bridgehead atoms. The van der Waals surface area contributed by atoms with Crippen LogP contribution in [0.2, 0.25) is 6.04 Å². The molecule has 0 rings (SSSR count). The van der Waals surface area contributed by atoms with Crippen molar-refractivity contribution >= 4 is 14.6 Å². The van der Waals surface area contributed by atoms with Crippen LogP contribution in [0.15, 0.2) is 12.7 Å². The number of carbonyl (C=O) groups is 1. The molecule has 0 aromatic rings. The predicted molar refractivity (Wildman–Crippen MR) is 104 cm³/mol. The maximum absolute atomic E-state index is 11.8. The second-order valence-corrected chi connectivity index (χ2v) is 8.90. The Hall–Kier alpha value is -0.533. The van der Waals surface area contributed by atoms with E-state index in [1.807, 2.05) is 13.8 Å². The van der Waals surface area contributed by atoms with Crippen LogP contribution in [-0.4, -0.2) is 45.6 Å². The van der Waals surface area contributed by atoms with Crippen molar-refractivity contribution in [2.75, 3.05) is 19.8 Å². The Bertz CT molecular complexity index is 343. The van der Waals surface area contributed by atoms with E-state index < -0.39 is 14.9 Å². The monoisotopic (exact) mass is 374 g/mol. The van der Waals surface area contributed by atoms with Crippen molar-refractivity contribution in [1.29, 1.82) is 0 Å². The van der Waals surface area contributed by atoms with Crippen LogP contribution in [0.25, 0.3) is 0 Å². The van der Waals surface area contributed by atoms with E-state index in [4.69, 9.17) is 18.4 Å². The molecule has 0 heterocycles. The van der Waals surface area contributed by atoms with Gasteiger partial charge in [-0.1, -0.05) is 45.1 Å². The van der Waals surface area contributed by atoms with E-state index in [0.717, 1.165) is 31.7 Å². The van der Waals surface area contributed by atoms with E-state index in [9.17, 15) is 4.79 Å². The highest BCUT2D eigenvalue weighted by atomic mass is 28.4. The SMILES string of the molecule is C=CC(=O)C(C)O[Si](CCCCCCCCCCO)(OCC)OCC. The average Bonchev–Trinajstić information content (AvgIpc) is 2.60. The lowest BCUT2D eigenvalue weighted by Gasteiger charge is -2.31. The molecule has 0 spiro atoms. The van der Waals surface area contributed by atoms with Crippen LogP contribution in [0.5, 0.6) is 0 Å². The first-order chi connectivity index (χ1) is 12.0. The maximum Gasteiger partial charge on any atom is 0.501 e. The zero-order valence-corrected chi connectivity index (χ0v) is 17.4. The quantitative estimate of drug-likeness (QED) is 0.220. The molecule has 1 atom stereocenters. The van der Waals surface area contributed by atoms with Crippen LogP contribution in [0.1, 0.15) is 72.1 Å². The van der Waals surface area contributed by atoms with Gasteiger partial charge in [-0.05, 0) is 39.7 Å². The van der Waals surface area contributed by atoms with Crippen LogP contribution in [-0.2, 0) is 18.1 Å². The molecule has 0 aromatic carbocycles. The summed E-state index contributed by atoms with van der Waals surface area (Å²) in [5, 5.41) is 8.76. The molecule has 0 amide bonds. The molecule has 0 aliphatic rings. The Kier molecular flexibility index (Phi) is 15.4. The van der Waals surface area contributed by atoms with Gasteiger partial charge in [0.25, 0.3) is 0 Å². The van der Waals surface area contributed by atoms with Gasteiger partial charge < -0.3 is 18.4 Å². The van der Waals surface area contributed by atoms with Gasteiger partial charge in [-0.15, -0.1) is 0 Å². The van der Waals surface area contributed by atoms with Crippen molar-refractivity contribution in [2.45, 2.75) is 84.3 Å². The number of aliphatic hydroxyl groups excluding tert-OH is 1. The fourth-order valence-electron chi connectivity index (χ4n) is 2.76. The van der Waals surface area contributed by atoms with E-state index in [-0.39, 0.29) is 5.78 Å². The molecule has 5 nitrogen and oxygen atoms in total. The number of hydrogen-bond donors (Lipinski definition) is 1. The largest absolute Gasteiger partial charge is 0.501 e. The molecule has 25 heavy (non-hydrogen) atoms. The van der Waals surface area contributed by atoms with Crippen molar-refractivity contribution in [3.63, 3.8) is 0 Å². The third-order valence-electron chi connectivity index (χ3n) is 4.08. The molecule has 0 fully saturated rings. The molecule has 0 saturated carbocycles. The molecule has 6 heteroatoms.